The molecule has 0 saturated heterocycles. The summed E-state index contributed by atoms with van der Waals surface area (Å²) >= 11 is 7.12. The highest BCUT2D eigenvalue weighted by atomic mass is 35.5. The standard InChI is InChI=1S/C51H32ClN7/c52-49-53-50(58-43-25-13-9-21-35(43)39-29-27-37-33-19-7-11-23-41(33)56(45(37)47(39)58)31-15-3-1-4-16-31)55-51(54-49)59-44-26-14-10-22-36(44)40-30-28-38-34-20-8-12-24-42(34)57(46(38)48(40)59)32-17-5-2-6-18-32/h1-30,37,45H. The van der Waals surface area contributed by atoms with E-state index in [1.165, 1.54) is 16.6 Å². The van der Waals surface area contributed by atoms with Crippen LogP contribution in [0.5, 0.6) is 0 Å². The lowest BCUT2D eigenvalue weighted by Gasteiger charge is -2.33. The van der Waals surface area contributed by atoms with Gasteiger partial charge in [0.2, 0.25) is 17.2 Å². The monoisotopic (exact) mass is 777 g/mol. The quantitative estimate of drug-likeness (QED) is 0.179. The largest absolute Gasteiger partial charge is 0.331 e. The second kappa shape index (κ2) is 12.3. The molecule has 7 aromatic carbocycles. The Balaban J connectivity index is 1.12. The third kappa shape index (κ3) is 4.50. The fraction of sp³-hybridized carbons (Fsp3) is 0.0392. The molecule has 7 nitrogen and oxygen atoms in total. The summed E-state index contributed by atoms with van der Waals surface area (Å²) in [5, 5.41) is 5.77. The van der Waals surface area contributed by atoms with Gasteiger partial charge >= 0.3 is 0 Å². The zero-order chi connectivity index (χ0) is 38.8. The van der Waals surface area contributed by atoms with E-state index in [1.807, 2.05) is 0 Å². The molecule has 11 aromatic rings. The average Bonchev–Trinajstić information content (AvgIpc) is 4.02. The van der Waals surface area contributed by atoms with Gasteiger partial charge in [0.25, 0.3) is 0 Å². The smallest absolute Gasteiger partial charge is 0.240 e. The second-order valence-electron chi connectivity index (χ2n) is 15.3. The van der Waals surface area contributed by atoms with Crippen LogP contribution < -0.4 is 4.90 Å². The summed E-state index contributed by atoms with van der Waals surface area (Å²) < 4.78 is 6.78. The summed E-state index contributed by atoms with van der Waals surface area (Å²) in [6, 6.07) is 60.1. The van der Waals surface area contributed by atoms with Gasteiger partial charge in [-0.3, -0.25) is 9.13 Å². The summed E-state index contributed by atoms with van der Waals surface area (Å²) in [6.45, 7) is 0. The summed E-state index contributed by atoms with van der Waals surface area (Å²) in [5.74, 6) is 1.02. The average molecular weight is 778 g/mol. The Morgan fingerprint density at radius 3 is 1.66 bits per heavy atom. The van der Waals surface area contributed by atoms with Crippen molar-refractivity contribution in [2.24, 2.45) is 0 Å². The molecule has 2 unspecified atom stereocenters. The van der Waals surface area contributed by atoms with Crippen molar-refractivity contribution in [3.63, 3.8) is 0 Å². The SMILES string of the molecule is Clc1nc(-n2c3c(c4ccccc42)C=CC2c4ccccc4N(c4ccccc4)C32)nc(-n2c3ccccc3c3ccc4c5ccccc5n(-c5ccccc5)c4c32)n1. The van der Waals surface area contributed by atoms with E-state index in [1.54, 1.807) is 0 Å². The fourth-order valence-corrected chi connectivity index (χ4v) is 10.3. The van der Waals surface area contributed by atoms with Gasteiger partial charge in [0.15, 0.2) is 0 Å². The highest BCUT2D eigenvalue weighted by molar-refractivity contribution is 6.28. The van der Waals surface area contributed by atoms with Crippen LogP contribution >= 0.6 is 11.6 Å². The fourth-order valence-electron chi connectivity index (χ4n) is 10.1. The van der Waals surface area contributed by atoms with Gasteiger partial charge < -0.3 is 9.47 Å². The molecule has 2 atom stereocenters. The van der Waals surface area contributed by atoms with Crippen LogP contribution in [0.25, 0.3) is 78.2 Å². The molecule has 0 spiro atoms. The Hall–Kier alpha value is -7.48. The molecule has 5 heterocycles. The van der Waals surface area contributed by atoms with Crippen molar-refractivity contribution in [1.29, 1.82) is 0 Å². The molecule has 4 aromatic heterocycles. The first kappa shape index (κ1) is 32.6. The summed E-state index contributed by atoms with van der Waals surface area (Å²) in [6.07, 6.45) is 4.66. The van der Waals surface area contributed by atoms with Gasteiger partial charge in [-0.25, -0.2) is 0 Å². The number of halogens is 1. The van der Waals surface area contributed by atoms with E-state index in [-0.39, 0.29) is 17.2 Å². The van der Waals surface area contributed by atoms with Crippen molar-refractivity contribution in [3.8, 4) is 17.6 Å². The lowest BCUT2D eigenvalue weighted by Crippen LogP contribution is -2.26. The van der Waals surface area contributed by atoms with E-state index in [4.69, 9.17) is 26.6 Å². The molecular formula is C51H32ClN7. The molecule has 0 amide bonds. The zero-order valence-electron chi connectivity index (χ0n) is 31.5. The van der Waals surface area contributed by atoms with Gasteiger partial charge in [-0.05, 0) is 65.7 Å². The van der Waals surface area contributed by atoms with Crippen LogP contribution in [0.15, 0.2) is 176 Å². The van der Waals surface area contributed by atoms with Crippen LogP contribution in [-0.4, -0.2) is 28.7 Å². The number of nitrogens with zero attached hydrogens (tertiary/aromatic N) is 7. The highest BCUT2D eigenvalue weighted by Gasteiger charge is 2.44. The molecule has 278 valence electrons. The number of rotatable bonds is 4. The van der Waals surface area contributed by atoms with E-state index in [0.29, 0.717) is 11.9 Å². The van der Waals surface area contributed by atoms with Crippen LogP contribution in [0.4, 0.5) is 11.4 Å². The predicted molar refractivity (Wildman–Crippen MR) is 240 cm³/mol. The molecule has 0 bridgehead atoms. The molecule has 13 rings (SSSR count). The number of hydrogen-bond donors (Lipinski definition) is 0. The molecule has 1 aliphatic heterocycles. The first-order valence-electron chi connectivity index (χ1n) is 19.9. The van der Waals surface area contributed by atoms with E-state index in [2.05, 4.69) is 201 Å². The van der Waals surface area contributed by atoms with Crippen LogP contribution in [0.2, 0.25) is 5.28 Å². The number of benzene rings is 7. The summed E-state index contributed by atoms with van der Waals surface area (Å²) in [4.78, 5) is 17.9. The van der Waals surface area contributed by atoms with Crippen molar-refractivity contribution in [1.82, 2.24) is 28.7 Å². The molecule has 59 heavy (non-hydrogen) atoms. The van der Waals surface area contributed by atoms with Crippen molar-refractivity contribution in [3.05, 3.63) is 198 Å². The van der Waals surface area contributed by atoms with E-state index in [9.17, 15) is 0 Å². The minimum absolute atomic E-state index is 0.0735. The Bertz CT molecular complexity index is 3540. The first-order chi connectivity index (χ1) is 29.2. The normalized spacial score (nSPS) is 15.8. The molecule has 8 heteroatoms. The third-order valence-corrected chi connectivity index (χ3v) is 12.5. The van der Waals surface area contributed by atoms with Gasteiger partial charge in [-0.15, -0.1) is 0 Å². The van der Waals surface area contributed by atoms with Gasteiger partial charge in [-0.2, -0.15) is 15.0 Å². The maximum absolute atomic E-state index is 7.12. The number of fused-ring (bicyclic) bond motifs is 14. The van der Waals surface area contributed by atoms with E-state index >= 15 is 0 Å². The van der Waals surface area contributed by atoms with Crippen molar-refractivity contribution in [2.45, 2.75) is 12.0 Å². The van der Waals surface area contributed by atoms with Crippen LogP contribution in [0.3, 0.4) is 0 Å². The van der Waals surface area contributed by atoms with Gasteiger partial charge in [0.05, 0.1) is 39.3 Å². The number of para-hydroxylation sites is 6. The molecular weight excluding hydrogens is 746 g/mol. The topological polar surface area (TPSA) is 56.7 Å². The zero-order valence-corrected chi connectivity index (χ0v) is 32.2. The Labute approximate surface area is 343 Å². The molecule has 0 radical (unpaired) electrons. The van der Waals surface area contributed by atoms with Crippen LogP contribution in [-0.2, 0) is 0 Å². The highest BCUT2D eigenvalue weighted by Crippen LogP contribution is 2.57. The summed E-state index contributed by atoms with van der Waals surface area (Å²) in [5.41, 5.74) is 12.1. The number of hydrogen-bond acceptors (Lipinski definition) is 4. The van der Waals surface area contributed by atoms with Crippen LogP contribution in [0, 0.1) is 0 Å². The molecule has 0 N–H and O–H groups in total. The molecule has 1 aliphatic carbocycles. The number of aromatic nitrogens is 6. The first-order valence-corrected chi connectivity index (χ1v) is 20.3. The molecule has 0 fully saturated rings. The van der Waals surface area contributed by atoms with Gasteiger partial charge in [0.1, 0.15) is 0 Å². The number of anilines is 2. The van der Waals surface area contributed by atoms with E-state index in [0.717, 1.165) is 71.8 Å². The third-order valence-electron chi connectivity index (χ3n) is 12.4. The summed E-state index contributed by atoms with van der Waals surface area (Å²) in [7, 11) is 0. The second-order valence-corrected chi connectivity index (χ2v) is 15.7. The maximum atomic E-state index is 7.12. The lowest BCUT2D eigenvalue weighted by molar-refractivity contribution is 0.629. The Kier molecular flexibility index (Phi) is 6.77. The molecule has 0 saturated carbocycles. The minimum atomic E-state index is -0.0735. The van der Waals surface area contributed by atoms with Gasteiger partial charge in [-0.1, -0.05) is 133 Å². The van der Waals surface area contributed by atoms with Crippen molar-refractivity contribution >= 4 is 83.6 Å². The van der Waals surface area contributed by atoms with Crippen LogP contribution in [0.1, 0.15) is 28.8 Å². The van der Waals surface area contributed by atoms with Crippen molar-refractivity contribution < 1.29 is 0 Å². The lowest BCUT2D eigenvalue weighted by atomic mass is 9.86. The van der Waals surface area contributed by atoms with Gasteiger partial charge in [0, 0.05) is 55.5 Å². The van der Waals surface area contributed by atoms with Crippen molar-refractivity contribution in [2.75, 3.05) is 4.90 Å². The Morgan fingerprint density at radius 2 is 0.966 bits per heavy atom. The minimum Gasteiger partial charge on any atom is -0.331 e. The predicted octanol–water partition coefficient (Wildman–Crippen LogP) is 12.7. The van der Waals surface area contributed by atoms with E-state index < -0.39 is 0 Å². The Morgan fingerprint density at radius 1 is 0.441 bits per heavy atom. The maximum Gasteiger partial charge on any atom is 0.240 e. The molecule has 2 aliphatic rings.